The van der Waals surface area contributed by atoms with Crippen molar-refractivity contribution in [1.82, 2.24) is 9.55 Å². The number of rotatable bonds is 5. The molecule has 4 nitrogen and oxygen atoms in total. The quantitative estimate of drug-likeness (QED) is 0.626. The SMILES string of the molecule is COCCNc1nc(C)cn1-c1ccc(Cl)cc1I. The predicted molar refractivity (Wildman–Crippen MR) is 86.4 cm³/mol. The average Bonchev–Trinajstić information content (AvgIpc) is 2.71. The van der Waals surface area contributed by atoms with Gasteiger partial charge >= 0.3 is 0 Å². The molecule has 0 radical (unpaired) electrons. The summed E-state index contributed by atoms with van der Waals surface area (Å²) in [6.07, 6.45) is 2.00. The summed E-state index contributed by atoms with van der Waals surface area (Å²) in [4.78, 5) is 4.48. The maximum atomic E-state index is 5.99. The molecular weight excluding hydrogens is 377 g/mol. The maximum absolute atomic E-state index is 5.99. The molecule has 2 aromatic rings. The summed E-state index contributed by atoms with van der Waals surface area (Å²) in [6, 6.07) is 5.81. The minimum Gasteiger partial charge on any atom is -0.383 e. The summed E-state index contributed by atoms with van der Waals surface area (Å²) < 4.78 is 8.15. The normalized spacial score (nSPS) is 10.7. The van der Waals surface area contributed by atoms with Crippen LogP contribution in [0.25, 0.3) is 5.69 Å². The highest BCUT2D eigenvalue weighted by Crippen LogP contribution is 2.24. The summed E-state index contributed by atoms with van der Waals surface area (Å²) in [5, 5.41) is 4.00. The van der Waals surface area contributed by atoms with Crippen LogP contribution in [0.5, 0.6) is 0 Å². The molecule has 0 atom stereocenters. The first-order valence-electron chi connectivity index (χ1n) is 5.86. The Morgan fingerprint density at radius 2 is 2.26 bits per heavy atom. The smallest absolute Gasteiger partial charge is 0.207 e. The van der Waals surface area contributed by atoms with Crippen molar-refractivity contribution in [3.05, 3.63) is 38.7 Å². The molecule has 102 valence electrons. The zero-order chi connectivity index (χ0) is 13.8. The first-order valence-corrected chi connectivity index (χ1v) is 7.31. The molecule has 0 aliphatic heterocycles. The van der Waals surface area contributed by atoms with Crippen molar-refractivity contribution in [2.75, 3.05) is 25.6 Å². The highest BCUT2D eigenvalue weighted by molar-refractivity contribution is 14.1. The summed E-state index contributed by atoms with van der Waals surface area (Å²) in [6.45, 7) is 3.33. The minimum atomic E-state index is 0.642. The number of hydrogen-bond donors (Lipinski definition) is 1. The molecule has 0 unspecified atom stereocenters. The molecule has 1 N–H and O–H groups in total. The third-order valence-corrected chi connectivity index (χ3v) is 3.68. The first kappa shape index (κ1) is 14.6. The van der Waals surface area contributed by atoms with E-state index in [1.54, 1.807) is 7.11 Å². The average molecular weight is 392 g/mol. The van der Waals surface area contributed by atoms with Crippen molar-refractivity contribution in [2.24, 2.45) is 0 Å². The van der Waals surface area contributed by atoms with Crippen molar-refractivity contribution in [3.8, 4) is 5.69 Å². The van der Waals surface area contributed by atoms with E-state index in [2.05, 4.69) is 32.9 Å². The van der Waals surface area contributed by atoms with Crippen molar-refractivity contribution in [3.63, 3.8) is 0 Å². The Kier molecular flexibility index (Phi) is 5.06. The highest BCUT2D eigenvalue weighted by atomic mass is 127. The van der Waals surface area contributed by atoms with E-state index in [0.717, 1.165) is 32.5 Å². The summed E-state index contributed by atoms with van der Waals surface area (Å²) in [7, 11) is 1.68. The van der Waals surface area contributed by atoms with Crippen LogP contribution in [0.4, 0.5) is 5.95 Å². The van der Waals surface area contributed by atoms with Gasteiger partial charge in [0, 0.05) is 28.4 Å². The lowest BCUT2D eigenvalue weighted by atomic mass is 10.3. The molecule has 0 saturated heterocycles. The molecular formula is C13H15ClIN3O. The predicted octanol–water partition coefficient (Wildman–Crippen LogP) is 3.50. The van der Waals surface area contributed by atoms with Crippen LogP contribution in [0.15, 0.2) is 24.4 Å². The summed E-state index contributed by atoms with van der Waals surface area (Å²) >= 11 is 8.26. The van der Waals surface area contributed by atoms with Gasteiger partial charge in [-0.25, -0.2) is 4.98 Å². The Morgan fingerprint density at radius 1 is 1.47 bits per heavy atom. The van der Waals surface area contributed by atoms with E-state index < -0.39 is 0 Å². The molecule has 1 aromatic carbocycles. The second-order valence-electron chi connectivity index (χ2n) is 4.09. The fourth-order valence-electron chi connectivity index (χ4n) is 1.75. The molecule has 0 spiro atoms. The molecule has 6 heteroatoms. The Balaban J connectivity index is 2.32. The molecule has 0 aliphatic carbocycles. The van der Waals surface area contributed by atoms with Gasteiger partial charge in [0.1, 0.15) is 0 Å². The van der Waals surface area contributed by atoms with Crippen molar-refractivity contribution >= 4 is 40.1 Å². The van der Waals surface area contributed by atoms with E-state index in [-0.39, 0.29) is 0 Å². The van der Waals surface area contributed by atoms with Crippen molar-refractivity contribution < 1.29 is 4.74 Å². The third-order valence-electron chi connectivity index (χ3n) is 2.58. The fourth-order valence-corrected chi connectivity index (χ4v) is 2.88. The number of nitrogens with zero attached hydrogens (tertiary/aromatic N) is 2. The molecule has 0 bridgehead atoms. The maximum Gasteiger partial charge on any atom is 0.207 e. The molecule has 0 aliphatic rings. The van der Waals surface area contributed by atoms with Crippen LogP contribution < -0.4 is 5.32 Å². The molecule has 1 aromatic heterocycles. The molecule has 0 amide bonds. The largest absolute Gasteiger partial charge is 0.383 e. The Labute approximate surface area is 131 Å². The van der Waals surface area contributed by atoms with Gasteiger partial charge in [0.25, 0.3) is 0 Å². The van der Waals surface area contributed by atoms with Crippen LogP contribution >= 0.6 is 34.2 Å². The van der Waals surface area contributed by atoms with Gasteiger partial charge in [-0.1, -0.05) is 11.6 Å². The molecule has 1 heterocycles. The third kappa shape index (κ3) is 3.61. The number of hydrogen-bond acceptors (Lipinski definition) is 3. The number of benzene rings is 1. The first-order chi connectivity index (χ1) is 9.11. The van der Waals surface area contributed by atoms with Gasteiger partial charge in [0.05, 0.1) is 18.0 Å². The van der Waals surface area contributed by atoms with E-state index in [9.17, 15) is 0 Å². The van der Waals surface area contributed by atoms with Crippen LogP contribution in [-0.4, -0.2) is 29.8 Å². The van der Waals surface area contributed by atoms with Gasteiger partial charge in [0.2, 0.25) is 5.95 Å². The number of aryl methyl sites for hydroxylation is 1. The van der Waals surface area contributed by atoms with Crippen LogP contribution in [0.1, 0.15) is 5.69 Å². The number of methoxy groups -OCH3 is 1. The lowest BCUT2D eigenvalue weighted by Gasteiger charge is -2.11. The highest BCUT2D eigenvalue weighted by Gasteiger charge is 2.10. The number of halogens is 2. The van der Waals surface area contributed by atoms with E-state index >= 15 is 0 Å². The lowest BCUT2D eigenvalue weighted by molar-refractivity contribution is 0.210. The van der Waals surface area contributed by atoms with Gasteiger partial charge in [0.15, 0.2) is 0 Å². The van der Waals surface area contributed by atoms with Gasteiger partial charge in [-0.15, -0.1) is 0 Å². The Morgan fingerprint density at radius 3 is 2.95 bits per heavy atom. The minimum absolute atomic E-state index is 0.642. The van der Waals surface area contributed by atoms with E-state index in [1.165, 1.54) is 0 Å². The monoisotopic (exact) mass is 391 g/mol. The Bertz CT molecular complexity index is 571. The molecule has 0 fully saturated rings. The second-order valence-corrected chi connectivity index (χ2v) is 5.69. The van der Waals surface area contributed by atoms with E-state index in [1.807, 2.05) is 35.9 Å². The number of imidazole rings is 1. The molecule has 0 saturated carbocycles. The number of ether oxygens (including phenoxy) is 1. The van der Waals surface area contributed by atoms with Gasteiger partial charge in [-0.2, -0.15) is 0 Å². The zero-order valence-corrected chi connectivity index (χ0v) is 13.7. The molecule has 2 rings (SSSR count). The zero-order valence-electron chi connectivity index (χ0n) is 10.8. The summed E-state index contributed by atoms with van der Waals surface area (Å²) in [5.41, 5.74) is 2.02. The fraction of sp³-hybridized carbons (Fsp3) is 0.308. The van der Waals surface area contributed by atoms with Crippen molar-refractivity contribution in [1.29, 1.82) is 0 Å². The number of aromatic nitrogens is 2. The van der Waals surface area contributed by atoms with Crippen LogP contribution in [-0.2, 0) is 4.74 Å². The summed E-state index contributed by atoms with van der Waals surface area (Å²) in [5.74, 6) is 0.815. The Hall–Kier alpha value is -0.790. The standard InChI is InChI=1S/C13H15ClIN3O/c1-9-8-18(13(17-9)16-5-6-19-2)12-4-3-10(14)7-11(12)15/h3-4,7-8H,5-6H2,1-2H3,(H,16,17). The van der Waals surface area contributed by atoms with Gasteiger partial charge in [-0.3, -0.25) is 4.57 Å². The second kappa shape index (κ2) is 6.58. The topological polar surface area (TPSA) is 39.1 Å². The number of nitrogens with one attached hydrogen (secondary N) is 1. The molecule has 19 heavy (non-hydrogen) atoms. The van der Waals surface area contributed by atoms with Gasteiger partial charge < -0.3 is 10.1 Å². The van der Waals surface area contributed by atoms with Crippen LogP contribution in [0, 0.1) is 10.5 Å². The van der Waals surface area contributed by atoms with Crippen molar-refractivity contribution in [2.45, 2.75) is 6.92 Å². The van der Waals surface area contributed by atoms with E-state index in [0.29, 0.717) is 6.61 Å². The lowest BCUT2D eigenvalue weighted by Crippen LogP contribution is -2.12. The van der Waals surface area contributed by atoms with Crippen LogP contribution in [0.2, 0.25) is 5.02 Å². The van der Waals surface area contributed by atoms with Crippen LogP contribution in [0.3, 0.4) is 0 Å². The van der Waals surface area contributed by atoms with E-state index in [4.69, 9.17) is 16.3 Å². The van der Waals surface area contributed by atoms with Gasteiger partial charge in [-0.05, 0) is 47.7 Å². The number of anilines is 1.